The Morgan fingerprint density at radius 2 is 1.74 bits per heavy atom. The van der Waals surface area contributed by atoms with E-state index in [0.29, 0.717) is 0 Å². The van der Waals surface area contributed by atoms with Crippen LogP contribution in [-0.4, -0.2) is 47.6 Å². The summed E-state index contributed by atoms with van der Waals surface area (Å²) in [6.45, 7) is 13.9. The molecule has 0 spiro atoms. The maximum absolute atomic E-state index is 4.51. The van der Waals surface area contributed by atoms with Crippen LogP contribution in [0.2, 0.25) is 0 Å². The summed E-state index contributed by atoms with van der Waals surface area (Å²) in [6, 6.07) is 1.99. The van der Waals surface area contributed by atoms with Crippen molar-refractivity contribution in [1.29, 1.82) is 0 Å². The fraction of sp³-hybridized carbons (Fsp3) is 0.714. The summed E-state index contributed by atoms with van der Waals surface area (Å²) in [5.41, 5.74) is 0. The molecular weight excluding hydrogens is 304 g/mol. The number of anilines is 1. The van der Waals surface area contributed by atoms with E-state index in [4.69, 9.17) is 0 Å². The molecule has 0 fully saturated rings. The lowest BCUT2D eigenvalue weighted by molar-refractivity contribution is 0.300. The number of rotatable bonds is 8. The first kappa shape index (κ1) is 16.4. The molecule has 4 nitrogen and oxygen atoms in total. The summed E-state index contributed by atoms with van der Waals surface area (Å²) in [5.74, 6) is 1.83. The van der Waals surface area contributed by atoms with Gasteiger partial charge in [-0.15, -0.1) is 0 Å². The van der Waals surface area contributed by atoms with Crippen LogP contribution in [0.4, 0.5) is 5.82 Å². The van der Waals surface area contributed by atoms with Crippen molar-refractivity contribution >= 4 is 21.7 Å². The molecule has 1 heterocycles. The van der Waals surface area contributed by atoms with E-state index in [1.807, 2.05) is 13.0 Å². The topological polar surface area (TPSA) is 32.3 Å². The average Bonchev–Trinajstić information content (AvgIpc) is 2.38. The SMILES string of the molecule is CCN(CC)CCCN(CC)c1cc(Br)nc(C)n1. The van der Waals surface area contributed by atoms with E-state index in [-0.39, 0.29) is 0 Å². The van der Waals surface area contributed by atoms with Gasteiger partial charge in [0.15, 0.2) is 0 Å². The second kappa shape index (κ2) is 8.48. The third kappa shape index (κ3) is 5.45. The lowest BCUT2D eigenvalue weighted by atomic mass is 10.3. The molecule has 0 atom stereocenters. The molecule has 0 N–H and O–H groups in total. The summed E-state index contributed by atoms with van der Waals surface area (Å²) in [4.78, 5) is 13.5. The van der Waals surface area contributed by atoms with Crippen LogP contribution >= 0.6 is 15.9 Å². The molecule has 0 radical (unpaired) electrons. The van der Waals surface area contributed by atoms with Crippen molar-refractivity contribution in [2.45, 2.75) is 34.1 Å². The Labute approximate surface area is 125 Å². The highest BCUT2D eigenvalue weighted by atomic mass is 79.9. The second-order valence-corrected chi connectivity index (χ2v) is 5.37. The predicted octanol–water partition coefficient (Wildman–Crippen LogP) is 3.11. The quantitative estimate of drug-likeness (QED) is 0.686. The molecule has 108 valence electrons. The Morgan fingerprint density at radius 3 is 2.26 bits per heavy atom. The number of nitrogens with zero attached hydrogens (tertiary/aromatic N) is 4. The lowest BCUT2D eigenvalue weighted by Gasteiger charge is -2.24. The smallest absolute Gasteiger partial charge is 0.133 e. The number of hydrogen-bond donors (Lipinski definition) is 0. The lowest BCUT2D eigenvalue weighted by Crippen LogP contribution is -2.30. The molecular formula is C14H25BrN4. The van der Waals surface area contributed by atoms with E-state index >= 15 is 0 Å². The molecule has 0 aliphatic heterocycles. The van der Waals surface area contributed by atoms with Crippen LogP contribution in [-0.2, 0) is 0 Å². The third-order valence-electron chi connectivity index (χ3n) is 3.30. The zero-order valence-corrected chi connectivity index (χ0v) is 14.1. The minimum absolute atomic E-state index is 0.812. The van der Waals surface area contributed by atoms with Crippen LogP contribution in [0.3, 0.4) is 0 Å². The zero-order chi connectivity index (χ0) is 14.3. The summed E-state index contributed by atoms with van der Waals surface area (Å²) >= 11 is 3.44. The van der Waals surface area contributed by atoms with Gasteiger partial charge in [0.2, 0.25) is 0 Å². The van der Waals surface area contributed by atoms with Gasteiger partial charge in [0, 0.05) is 19.2 Å². The largest absolute Gasteiger partial charge is 0.357 e. The van der Waals surface area contributed by atoms with E-state index in [0.717, 1.165) is 55.4 Å². The van der Waals surface area contributed by atoms with Crippen LogP contribution in [0, 0.1) is 6.92 Å². The summed E-state index contributed by atoms with van der Waals surface area (Å²) < 4.78 is 0.859. The molecule has 0 aromatic carbocycles. The van der Waals surface area contributed by atoms with Gasteiger partial charge in [-0.25, -0.2) is 9.97 Å². The van der Waals surface area contributed by atoms with Gasteiger partial charge in [0.05, 0.1) is 0 Å². The van der Waals surface area contributed by atoms with E-state index in [9.17, 15) is 0 Å². The van der Waals surface area contributed by atoms with Crippen molar-refractivity contribution in [1.82, 2.24) is 14.9 Å². The highest BCUT2D eigenvalue weighted by Crippen LogP contribution is 2.16. The van der Waals surface area contributed by atoms with Crippen LogP contribution < -0.4 is 4.90 Å². The molecule has 0 unspecified atom stereocenters. The molecule has 0 saturated carbocycles. The Kier molecular flexibility index (Phi) is 7.31. The highest BCUT2D eigenvalue weighted by Gasteiger charge is 2.08. The monoisotopic (exact) mass is 328 g/mol. The number of halogens is 1. The van der Waals surface area contributed by atoms with Gasteiger partial charge < -0.3 is 9.80 Å². The first-order valence-corrected chi connectivity index (χ1v) is 7.88. The highest BCUT2D eigenvalue weighted by molar-refractivity contribution is 9.10. The number of aromatic nitrogens is 2. The van der Waals surface area contributed by atoms with Gasteiger partial charge in [0.25, 0.3) is 0 Å². The van der Waals surface area contributed by atoms with Gasteiger partial charge in [-0.2, -0.15) is 0 Å². The van der Waals surface area contributed by atoms with Gasteiger partial charge in [0.1, 0.15) is 16.2 Å². The normalized spacial score (nSPS) is 11.1. The van der Waals surface area contributed by atoms with E-state index in [2.05, 4.69) is 56.5 Å². The van der Waals surface area contributed by atoms with E-state index in [1.165, 1.54) is 0 Å². The summed E-state index contributed by atoms with van der Waals surface area (Å²) in [5, 5.41) is 0. The Hall–Kier alpha value is -0.680. The predicted molar refractivity (Wildman–Crippen MR) is 84.8 cm³/mol. The Balaban J connectivity index is 2.58. The number of aryl methyl sites for hydroxylation is 1. The molecule has 1 rings (SSSR count). The molecule has 5 heteroatoms. The number of hydrogen-bond acceptors (Lipinski definition) is 4. The van der Waals surface area contributed by atoms with Crippen LogP contribution in [0.25, 0.3) is 0 Å². The molecule has 0 aliphatic carbocycles. The van der Waals surface area contributed by atoms with E-state index < -0.39 is 0 Å². The molecule has 19 heavy (non-hydrogen) atoms. The first-order valence-electron chi connectivity index (χ1n) is 7.09. The van der Waals surface area contributed by atoms with Gasteiger partial charge in [-0.3, -0.25) is 0 Å². The minimum Gasteiger partial charge on any atom is -0.357 e. The van der Waals surface area contributed by atoms with E-state index in [1.54, 1.807) is 0 Å². The van der Waals surface area contributed by atoms with Crippen molar-refractivity contribution in [3.63, 3.8) is 0 Å². The minimum atomic E-state index is 0.812. The molecule has 1 aromatic rings. The second-order valence-electron chi connectivity index (χ2n) is 4.56. The fourth-order valence-corrected chi connectivity index (χ4v) is 2.60. The van der Waals surface area contributed by atoms with Crippen molar-refractivity contribution in [3.8, 4) is 0 Å². The summed E-state index contributed by atoms with van der Waals surface area (Å²) in [7, 11) is 0. The summed E-state index contributed by atoms with van der Waals surface area (Å²) in [6.07, 6.45) is 1.16. The molecule has 1 aromatic heterocycles. The Bertz CT molecular complexity index is 359. The maximum Gasteiger partial charge on any atom is 0.133 e. The third-order valence-corrected chi connectivity index (χ3v) is 3.70. The fourth-order valence-electron chi connectivity index (χ4n) is 2.14. The zero-order valence-electron chi connectivity index (χ0n) is 12.5. The average molecular weight is 329 g/mol. The van der Waals surface area contributed by atoms with Crippen molar-refractivity contribution in [3.05, 3.63) is 16.5 Å². The van der Waals surface area contributed by atoms with Gasteiger partial charge in [-0.05, 0) is 55.8 Å². The van der Waals surface area contributed by atoms with Gasteiger partial charge >= 0.3 is 0 Å². The van der Waals surface area contributed by atoms with Crippen LogP contribution in [0.5, 0.6) is 0 Å². The molecule has 0 saturated heterocycles. The van der Waals surface area contributed by atoms with Crippen molar-refractivity contribution < 1.29 is 0 Å². The van der Waals surface area contributed by atoms with Gasteiger partial charge in [-0.1, -0.05) is 13.8 Å². The Morgan fingerprint density at radius 1 is 1.05 bits per heavy atom. The maximum atomic E-state index is 4.51. The van der Waals surface area contributed by atoms with Crippen LogP contribution in [0.1, 0.15) is 33.0 Å². The molecule has 0 amide bonds. The van der Waals surface area contributed by atoms with Crippen LogP contribution in [0.15, 0.2) is 10.7 Å². The molecule has 0 bridgehead atoms. The standard InChI is InChI=1S/C14H25BrN4/c1-5-18(6-2)9-8-10-19(7-3)14-11-13(15)16-12(4)17-14/h11H,5-10H2,1-4H3. The van der Waals surface area contributed by atoms with Crippen molar-refractivity contribution in [2.75, 3.05) is 37.6 Å². The first-order chi connectivity index (χ1) is 9.10. The van der Waals surface area contributed by atoms with Crippen molar-refractivity contribution in [2.24, 2.45) is 0 Å². The molecule has 0 aliphatic rings.